The molecule has 0 bridgehead atoms. The van der Waals surface area contributed by atoms with Gasteiger partial charge in [0, 0.05) is 17.7 Å². The second-order valence-electron chi connectivity index (χ2n) is 9.22. The van der Waals surface area contributed by atoms with E-state index in [0.717, 1.165) is 35.3 Å². The number of imide groups is 1. The third kappa shape index (κ3) is 4.40. The first-order valence-electron chi connectivity index (χ1n) is 11.6. The number of amides is 4. The van der Waals surface area contributed by atoms with E-state index in [9.17, 15) is 24.3 Å². The van der Waals surface area contributed by atoms with Crippen molar-refractivity contribution < 1.29 is 24.3 Å². The quantitative estimate of drug-likeness (QED) is 0.564. The Kier molecular flexibility index (Phi) is 6.41. The second kappa shape index (κ2) is 9.29. The molecule has 1 unspecified atom stereocenters. The van der Waals surface area contributed by atoms with Gasteiger partial charge < -0.3 is 15.7 Å². The number of hydrogen-bond donors (Lipinski definition) is 3. The number of carboxylic acids is 1. The van der Waals surface area contributed by atoms with Gasteiger partial charge in [-0.15, -0.1) is 0 Å². The van der Waals surface area contributed by atoms with Crippen LogP contribution >= 0.6 is 0 Å². The number of aliphatic carboxylic acids is 1. The third-order valence-corrected chi connectivity index (χ3v) is 6.85. The van der Waals surface area contributed by atoms with Crippen molar-refractivity contribution in [2.75, 3.05) is 5.32 Å². The van der Waals surface area contributed by atoms with Crippen molar-refractivity contribution in [2.24, 2.45) is 0 Å². The number of rotatable bonds is 6. The van der Waals surface area contributed by atoms with Crippen molar-refractivity contribution in [1.29, 1.82) is 0 Å². The lowest BCUT2D eigenvalue weighted by Gasteiger charge is -2.31. The molecule has 3 N–H and O–H groups in total. The van der Waals surface area contributed by atoms with Crippen molar-refractivity contribution >= 4 is 29.5 Å². The first-order valence-corrected chi connectivity index (χ1v) is 11.6. The molecule has 4 amide bonds. The van der Waals surface area contributed by atoms with Gasteiger partial charge >= 0.3 is 12.0 Å². The van der Waals surface area contributed by atoms with Crippen LogP contribution in [0.1, 0.15) is 59.2 Å². The lowest BCUT2D eigenvalue weighted by molar-refractivity contribution is -0.148. The SMILES string of the molecule is Cc1cccc(C)c1C(=O)Nc1ccc(CC(C(=O)O)N2C(=O)NC3(CCCCC3)C2=O)cc1. The highest BCUT2D eigenvalue weighted by atomic mass is 16.4. The van der Waals surface area contributed by atoms with Crippen molar-refractivity contribution in [3.8, 4) is 0 Å². The molecule has 1 atom stereocenters. The topological polar surface area (TPSA) is 116 Å². The Morgan fingerprint density at radius 1 is 1.03 bits per heavy atom. The molecule has 8 heteroatoms. The van der Waals surface area contributed by atoms with Gasteiger partial charge in [0.15, 0.2) is 0 Å². The summed E-state index contributed by atoms with van der Waals surface area (Å²) in [5, 5.41) is 15.5. The second-order valence-corrected chi connectivity index (χ2v) is 9.22. The summed E-state index contributed by atoms with van der Waals surface area (Å²) >= 11 is 0. The molecule has 2 fully saturated rings. The van der Waals surface area contributed by atoms with Crippen LogP contribution in [-0.2, 0) is 16.0 Å². The monoisotopic (exact) mass is 463 g/mol. The minimum absolute atomic E-state index is 0.0182. The van der Waals surface area contributed by atoms with Crippen LogP contribution in [0.15, 0.2) is 42.5 Å². The van der Waals surface area contributed by atoms with Gasteiger partial charge in [-0.1, -0.05) is 49.6 Å². The van der Waals surface area contributed by atoms with E-state index in [1.165, 1.54) is 0 Å². The van der Waals surface area contributed by atoms with Gasteiger partial charge in [-0.3, -0.25) is 9.59 Å². The molecule has 8 nitrogen and oxygen atoms in total. The molecule has 178 valence electrons. The number of anilines is 1. The van der Waals surface area contributed by atoms with E-state index < -0.39 is 29.5 Å². The molecule has 2 aromatic carbocycles. The van der Waals surface area contributed by atoms with Gasteiger partial charge in [-0.25, -0.2) is 14.5 Å². The highest BCUT2D eigenvalue weighted by Crippen LogP contribution is 2.35. The molecule has 1 saturated carbocycles. The largest absolute Gasteiger partial charge is 0.480 e. The van der Waals surface area contributed by atoms with Crippen molar-refractivity contribution in [3.05, 3.63) is 64.7 Å². The van der Waals surface area contributed by atoms with Crippen LogP contribution in [0.2, 0.25) is 0 Å². The van der Waals surface area contributed by atoms with E-state index in [4.69, 9.17) is 0 Å². The van der Waals surface area contributed by atoms with Gasteiger partial charge in [0.05, 0.1) is 0 Å². The average molecular weight is 464 g/mol. The van der Waals surface area contributed by atoms with Crippen LogP contribution in [0, 0.1) is 13.8 Å². The van der Waals surface area contributed by atoms with Gasteiger partial charge in [-0.05, 0) is 55.5 Å². The molecule has 1 heterocycles. The molecule has 1 spiro atoms. The minimum atomic E-state index is -1.30. The highest BCUT2D eigenvalue weighted by Gasteiger charge is 2.54. The van der Waals surface area contributed by atoms with Crippen LogP contribution in [0.3, 0.4) is 0 Å². The lowest BCUT2D eigenvalue weighted by Crippen LogP contribution is -2.50. The number of carboxylic acid groups (broad SMARTS) is 1. The number of carbonyl (C=O) groups excluding carboxylic acids is 3. The van der Waals surface area contributed by atoms with Crippen molar-refractivity contribution in [3.63, 3.8) is 0 Å². The lowest BCUT2D eigenvalue weighted by atomic mass is 9.81. The fourth-order valence-electron chi connectivity index (χ4n) is 5.02. The van der Waals surface area contributed by atoms with E-state index in [0.29, 0.717) is 29.7 Å². The maximum atomic E-state index is 13.1. The number of aryl methyl sites for hydroxylation is 2. The van der Waals surface area contributed by atoms with Gasteiger partial charge in [0.1, 0.15) is 11.6 Å². The Balaban J connectivity index is 1.48. The zero-order valence-corrected chi connectivity index (χ0v) is 19.4. The van der Waals surface area contributed by atoms with E-state index in [-0.39, 0.29) is 12.3 Å². The van der Waals surface area contributed by atoms with E-state index in [1.54, 1.807) is 24.3 Å². The minimum Gasteiger partial charge on any atom is -0.480 e. The highest BCUT2D eigenvalue weighted by molar-refractivity contribution is 6.09. The molecule has 1 saturated heterocycles. The molecular weight excluding hydrogens is 434 g/mol. The summed E-state index contributed by atoms with van der Waals surface area (Å²) in [4.78, 5) is 51.4. The zero-order valence-electron chi connectivity index (χ0n) is 19.4. The standard InChI is InChI=1S/C26H29N3O5/c1-16-7-6-8-17(2)21(16)22(30)27-19-11-9-18(10-12-19)15-20(23(31)32)29-24(33)26(28-25(29)34)13-4-3-5-14-26/h6-12,20H,3-5,13-15H2,1-2H3,(H,27,30)(H,28,34)(H,31,32). The van der Waals surface area contributed by atoms with E-state index >= 15 is 0 Å². The zero-order chi connectivity index (χ0) is 24.5. The summed E-state index contributed by atoms with van der Waals surface area (Å²) in [5.41, 5.74) is 2.62. The van der Waals surface area contributed by atoms with Crippen LogP contribution in [0.5, 0.6) is 0 Å². The van der Waals surface area contributed by atoms with Crippen LogP contribution in [0.25, 0.3) is 0 Å². The normalized spacial score (nSPS) is 18.0. The first kappa shape index (κ1) is 23.5. The summed E-state index contributed by atoms with van der Waals surface area (Å²) in [5.74, 6) is -1.89. The summed E-state index contributed by atoms with van der Waals surface area (Å²) in [7, 11) is 0. The summed E-state index contributed by atoms with van der Waals surface area (Å²) < 4.78 is 0. The molecule has 0 radical (unpaired) electrons. The van der Waals surface area contributed by atoms with Crippen LogP contribution in [-0.4, -0.2) is 45.4 Å². The fourth-order valence-corrected chi connectivity index (χ4v) is 5.02. The van der Waals surface area contributed by atoms with E-state index in [2.05, 4.69) is 10.6 Å². The number of nitrogens with one attached hydrogen (secondary N) is 2. The summed E-state index contributed by atoms with van der Waals surface area (Å²) in [6.07, 6.45) is 3.71. The maximum Gasteiger partial charge on any atom is 0.327 e. The van der Waals surface area contributed by atoms with Crippen LogP contribution < -0.4 is 10.6 Å². The Hall–Kier alpha value is -3.68. The molecule has 0 aromatic heterocycles. The molecule has 4 rings (SSSR count). The smallest absolute Gasteiger partial charge is 0.327 e. The number of urea groups is 1. The predicted octanol–water partition coefficient (Wildman–Crippen LogP) is 3.81. The number of hydrogen-bond acceptors (Lipinski definition) is 4. The molecular formula is C26H29N3O5. The molecule has 1 aliphatic carbocycles. The van der Waals surface area contributed by atoms with Gasteiger partial charge in [-0.2, -0.15) is 0 Å². The average Bonchev–Trinajstić information content (AvgIpc) is 3.02. The van der Waals surface area contributed by atoms with Crippen molar-refractivity contribution in [1.82, 2.24) is 10.2 Å². The predicted molar refractivity (Wildman–Crippen MR) is 127 cm³/mol. The van der Waals surface area contributed by atoms with E-state index in [1.807, 2.05) is 32.0 Å². The molecule has 34 heavy (non-hydrogen) atoms. The summed E-state index contributed by atoms with van der Waals surface area (Å²) in [6, 6.07) is 10.5. The maximum absolute atomic E-state index is 13.1. The number of carbonyl (C=O) groups is 4. The Morgan fingerprint density at radius 2 is 1.65 bits per heavy atom. The van der Waals surface area contributed by atoms with Crippen LogP contribution in [0.4, 0.5) is 10.5 Å². The summed E-state index contributed by atoms with van der Waals surface area (Å²) in [6.45, 7) is 3.76. The third-order valence-electron chi connectivity index (χ3n) is 6.85. The fraction of sp³-hybridized carbons (Fsp3) is 0.385. The Bertz CT molecular complexity index is 1120. The van der Waals surface area contributed by atoms with Gasteiger partial charge in [0.2, 0.25) is 0 Å². The molecule has 1 aliphatic heterocycles. The number of nitrogens with zero attached hydrogens (tertiary/aromatic N) is 1. The number of benzene rings is 2. The first-order chi connectivity index (χ1) is 16.2. The van der Waals surface area contributed by atoms with Gasteiger partial charge in [0.25, 0.3) is 11.8 Å². The Labute approximate surface area is 198 Å². The molecule has 2 aromatic rings. The molecule has 2 aliphatic rings. The van der Waals surface area contributed by atoms with Crippen molar-refractivity contribution in [2.45, 2.75) is 64.0 Å². The Morgan fingerprint density at radius 3 is 2.24 bits per heavy atom.